The van der Waals surface area contributed by atoms with E-state index in [0.29, 0.717) is 6.54 Å². The lowest BCUT2D eigenvalue weighted by Gasteiger charge is -1.87. The van der Waals surface area contributed by atoms with Gasteiger partial charge in [0.15, 0.2) is 5.76 Å². The predicted molar refractivity (Wildman–Crippen MR) is 81.2 cm³/mol. The van der Waals surface area contributed by atoms with Crippen molar-refractivity contribution in [1.29, 1.82) is 0 Å². The molecule has 2 N–H and O–H groups in total. The minimum Gasteiger partial charge on any atom is -0.454 e. The minimum absolute atomic E-state index is 0. The van der Waals surface area contributed by atoms with Gasteiger partial charge in [-0.1, -0.05) is 29.5 Å². The van der Waals surface area contributed by atoms with Gasteiger partial charge in [-0.3, -0.25) is 0 Å². The Hall–Kier alpha value is -1.89. The van der Waals surface area contributed by atoms with Gasteiger partial charge in [0.2, 0.25) is 4.96 Å². The second-order valence-electron chi connectivity index (χ2n) is 4.20. The number of benzene rings is 1. The third-order valence-corrected chi connectivity index (χ3v) is 3.88. The van der Waals surface area contributed by atoms with E-state index in [1.54, 1.807) is 4.52 Å². The van der Waals surface area contributed by atoms with E-state index in [1.807, 2.05) is 36.5 Å². The molecule has 0 saturated carbocycles. The van der Waals surface area contributed by atoms with Crippen molar-refractivity contribution in [1.82, 2.24) is 14.6 Å². The van der Waals surface area contributed by atoms with Crippen LogP contribution in [0.1, 0.15) is 5.01 Å². The average molecular weight is 307 g/mol. The molecule has 0 aliphatic carbocycles. The molecule has 3 heterocycles. The van der Waals surface area contributed by atoms with E-state index in [0.717, 1.165) is 32.4 Å². The molecule has 3 aromatic heterocycles. The van der Waals surface area contributed by atoms with Crippen LogP contribution in [-0.4, -0.2) is 14.6 Å². The maximum Gasteiger partial charge on any atom is 0.212 e. The van der Waals surface area contributed by atoms with Gasteiger partial charge < -0.3 is 10.2 Å². The van der Waals surface area contributed by atoms with Crippen LogP contribution >= 0.6 is 23.7 Å². The molecule has 4 rings (SSSR count). The SMILES string of the molecule is Cl.NCc1nn2cc(-c3cc4ccccc4o3)nc2s1. The molecule has 7 heteroatoms. The summed E-state index contributed by atoms with van der Waals surface area (Å²) in [6.07, 6.45) is 1.86. The maximum absolute atomic E-state index is 5.79. The Morgan fingerprint density at radius 3 is 2.90 bits per heavy atom. The Kier molecular flexibility index (Phi) is 3.21. The number of rotatable bonds is 2. The van der Waals surface area contributed by atoms with Gasteiger partial charge in [-0.25, -0.2) is 9.50 Å². The second kappa shape index (κ2) is 4.90. The third kappa shape index (κ3) is 1.98. The van der Waals surface area contributed by atoms with Crippen LogP contribution in [0.15, 0.2) is 40.9 Å². The minimum atomic E-state index is 0. The highest BCUT2D eigenvalue weighted by molar-refractivity contribution is 7.16. The number of imidazole rings is 1. The fourth-order valence-electron chi connectivity index (χ4n) is 2.05. The highest BCUT2D eigenvalue weighted by Crippen LogP contribution is 2.28. The molecular weight excluding hydrogens is 296 g/mol. The van der Waals surface area contributed by atoms with Crippen LogP contribution in [0.5, 0.6) is 0 Å². The quantitative estimate of drug-likeness (QED) is 0.618. The number of aromatic nitrogens is 3. The van der Waals surface area contributed by atoms with Crippen LogP contribution in [0, 0.1) is 0 Å². The van der Waals surface area contributed by atoms with Crippen molar-refractivity contribution in [2.45, 2.75) is 6.54 Å². The molecule has 0 radical (unpaired) electrons. The molecule has 0 saturated heterocycles. The fourth-order valence-corrected chi connectivity index (χ4v) is 2.80. The summed E-state index contributed by atoms with van der Waals surface area (Å²) < 4.78 is 7.53. The van der Waals surface area contributed by atoms with Gasteiger partial charge in [-0.05, 0) is 12.1 Å². The molecule has 1 aromatic carbocycles. The highest BCUT2D eigenvalue weighted by atomic mass is 35.5. The Bertz CT molecular complexity index is 814. The smallest absolute Gasteiger partial charge is 0.212 e. The summed E-state index contributed by atoms with van der Waals surface area (Å²) in [4.78, 5) is 5.35. The first-order valence-corrected chi connectivity index (χ1v) is 6.69. The van der Waals surface area contributed by atoms with Crippen LogP contribution in [0.4, 0.5) is 0 Å². The molecule has 0 atom stereocenters. The normalized spacial score (nSPS) is 11.1. The molecule has 20 heavy (non-hydrogen) atoms. The molecular formula is C13H11ClN4OS. The van der Waals surface area contributed by atoms with Gasteiger partial charge in [0.25, 0.3) is 0 Å². The zero-order chi connectivity index (χ0) is 12.8. The van der Waals surface area contributed by atoms with Gasteiger partial charge >= 0.3 is 0 Å². The number of fused-ring (bicyclic) bond motifs is 2. The molecule has 4 aromatic rings. The monoisotopic (exact) mass is 306 g/mol. The van der Waals surface area contributed by atoms with E-state index in [4.69, 9.17) is 10.2 Å². The number of nitrogens with two attached hydrogens (primary N) is 1. The summed E-state index contributed by atoms with van der Waals surface area (Å²) in [5, 5.41) is 6.28. The van der Waals surface area contributed by atoms with E-state index in [1.165, 1.54) is 11.3 Å². The predicted octanol–water partition coefficient (Wildman–Crippen LogP) is 3.08. The van der Waals surface area contributed by atoms with Crippen LogP contribution in [0.25, 0.3) is 27.4 Å². The second-order valence-corrected chi connectivity index (χ2v) is 5.24. The molecule has 0 aliphatic heterocycles. The molecule has 0 unspecified atom stereocenters. The van der Waals surface area contributed by atoms with E-state index in [-0.39, 0.29) is 12.4 Å². The Morgan fingerprint density at radius 2 is 2.15 bits per heavy atom. The van der Waals surface area contributed by atoms with Crippen molar-refractivity contribution in [2.75, 3.05) is 0 Å². The molecule has 5 nitrogen and oxygen atoms in total. The standard InChI is InChI=1S/C13H10N4OS.ClH/c14-6-12-16-17-7-9(15-13(17)19-12)11-5-8-3-1-2-4-10(8)18-11;/h1-5,7H,6,14H2;1H. The van der Waals surface area contributed by atoms with Crippen LogP contribution < -0.4 is 5.73 Å². The van der Waals surface area contributed by atoms with Crippen molar-refractivity contribution < 1.29 is 4.42 Å². The molecule has 0 amide bonds. The number of hydrogen-bond donors (Lipinski definition) is 1. The van der Waals surface area contributed by atoms with Crippen molar-refractivity contribution >= 4 is 39.7 Å². The van der Waals surface area contributed by atoms with Gasteiger partial charge in [0.1, 0.15) is 16.3 Å². The Balaban J connectivity index is 0.00000121. The Morgan fingerprint density at radius 1 is 1.30 bits per heavy atom. The van der Waals surface area contributed by atoms with Crippen LogP contribution in [0.2, 0.25) is 0 Å². The zero-order valence-corrected chi connectivity index (χ0v) is 11.9. The molecule has 0 aliphatic rings. The number of para-hydroxylation sites is 1. The van der Waals surface area contributed by atoms with Gasteiger partial charge in [0.05, 0.1) is 6.20 Å². The summed E-state index contributed by atoms with van der Waals surface area (Å²) in [7, 11) is 0. The van der Waals surface area contributed by atoms with E-state index >= 15 is 0 Å². The maximum atomic E-state index is 5.79. The fraction of sp³-hybridized carbons (Fsp3) is 0.0769. The van der Waals surface area contributed by atoms with Crippen LogP contribution in [0.3, 0.4) is 0 Å². The molecule has 0 fully saturated rings. The number of halogens is 1. The van der Waals surface area contributed by atoms with Crippen molar-refractivity contribution in [3.63, 3.8) is 0 Å². The van der Waals surface area contributed by atoms with E-state index in [2.05, 4.69) is 10.1 Å². The number of hydrogen-bond acceptors (Lipinski definition) is 5. The largest absolute Gasteiger partial charge is 0.454 e. The average Bonchev–Trinajstić information content (AvgIpc) is 3.09. The van der Waals surface area contributed by atoms with Crippen molar-refractivity contribution in [3.8, 4) is 11.5 Å². The van der Waals surface area contributed by atoms with Crippen LogP contribution in [-0.2, 0) is 6.54 Å². The zero-order valence-electron chi connectivity index (χ0n) is 10.3. The first kappa shape index (κ1) is 13.1. The van der Waals surface area contributed by atoms with Gasteiger partial charge in [0, 0.05) is 11.9 Å². The first-order chi connectivity index (χ1) is 9.33. The first-order valence-electron chi connectivity index (χ1n) is 5.87. The summed E-state index contributed by atoms with van der Waals surface area (Å²) in [6, 6.07) is 9.90. The highest BCUT2D eigenvalue weighted by Gasteiger charge is 2.12. The summed E-state index contributed by atoms with van der Waals surface area (Å²) >= 11 is 1.49. The van der Waals surface area contributed by atoms with Gasteiger partial charge in [-0.2, -0.15) is 5.10 Å². The molecule has 0 spiro atoms. The molecule has 102 valence electrons. The summed E-state index contributed by atoms with van der Waals surface area (Å²) in [6.45, 7) is 0.438. The number of nitrogens with zero attached hydrogens (tertiary/aromatic N) is 3. The summed E-state index contributed by atoms with van der Waals surface area (Å²) in [5.41, 5.74) is 7.22. The topological polar surface area (TPSA) is 69.3 Å². The van der Waals surface area contributed by atoms with E-state index in [9.17, 15) is 0 Å². The molecule has 0 bridgehead atoms. The lowest BCUT2D eigenvalue weighted by Crippen LogP contribution is -1.95. The summed E-state index contributed by atoms with van der Waals surface area (Å²) in [5.74, 6) is 0.758. The lowest BCUT2D eigenvalue weighted by atomic mass is 10.2. The lowest BCUT2D eigenvalue weighted by molar-refractivity contribution is 0.629. The van der Waals surface area contributed by atoms with E-state index < -0.39 is 0 Å². The van der Waals surface area contributed by atoms with Crippen molar-refractivity contribution in [3.05, 3.63) is 41.5 Å². The van der Waals surface area contributed by atoms with Crippen molar-refractivity contribution in [2.24, 2.45) is 5.73 Å². The third-order valence-electron chi connectivity index (χ3n) is 2.94. The Labute approximate surface area is 124 Å². The van der Waals surface area contributed by atoms with Gasteiger partial charge in [-0.15, -0.1) is 12.4 Å². The number of furan rings is 1.